The van der Waals surface area contributed by atoms with Crippen LogP contribution in [-0.2, 0) is 30.2 Å². The second kappa shape index (κ2) is 11.6. The van der Waals surface area contributed by atoms with E-state index in [0.29, 0.717) is 25.7 Å². The van der Waals surface area contributed by atoms with Gasteiger partial charge in [-0.1, -0.05) is 30.3 Å². The lowest BCUT2D eigenvalue weighted by Crippen LogP contribution is -2.36. The Bertz CT molecular complexity index is 735. The van der Waals surface area contributed by atoms with Gasteiger partial charge in [0.25, 0.3) is 0 Å². The number of rotatable bonds is 9. The van der Waals surface area contributed by atoms with Crippen LogP contribution in [0.25, 0.3) is 0 Å². The lowest BCUT2D eigenvalue weighted by molar-refractivity contribution is 0.134. The quantitative estimate of drug-likeness (QED) is 0.501. The van der Waals surface area contributed by atoms with Crippen molar-refractivity contribution < 1.29 is 9.13 Å². The fourth-order valence-electron chi connectivity index (χ4n) is 2.62. The molecule has 2 aromatic rings. The van der Waals surface area contributed by atoms with Crippen molar-refractivity contribution in [3.63, 3.8) is 0 Å². The second-order valence-electron chi connectivity index (χ2n) is 6.08. The minimum atomic E-state index is -0.196. The molecule has 146 valence electrons. The second-order valence-corrected chi connectivity index (χ2v) is 6.95. The van der Waals surface area contributed by atoms with E-state index < -0.39 is 0 Å². The number of hydrogen-bond acceptors (Lipinski definition) is 3. The van der Waals surface area contributed by atoms with Crippen LogP contribution in [0.15, 0.2) is 47.5 Å². The van der Waals surface area contributed by atoms with Crippen LogP contribution in [0.3, 0.4) is 0 Å². The molecule has 0 aliphatic carbocycles. The molecule has 0 aliphatic heterocycles. The highest BCUT2D eigenvalue weighted by Gasteiger charge is 2.06. The molecule has 2 rings (SSSR count). The van der Waals surface area contributed by atoms with Gasteiger partial charge in [0.15, 0.2) is 5.96 Å². The first-order chi connectivity index (χ1) is 13.2. The zero-order chi connectivity index (χ0) is 19.5. The Morgan fingerprint density at radius 1 is 1.04 bits per heavy atom. The molecule has 0 aromatic heterocycles. The first-order valence-electron chi connectivity index (χ1n) is 9.02. The average molecular weight is 390 g/mol. The summed E-state index contributed by atoms with van der Waals surface area (Å²) in [6.45, 7) is 4.63. The van der Waals surface area contributed by atoms with Gasteiger partial charge >= 0.3 is 0 Å². The molecule has 0 amide bonds. The van der Waals surface area contributed by atoms with Crippen LogP contribution in [-0.4, -0.2) is 25.9 Å². The Labute approximate surface area is 165 Å². The summed E-state index contributed by atoms with van der Waals surface area (Å²) < 4.78 is 18.9. The molecule has 0 atom stereocenters. The Morgan fingerprint density at radius 2 is 1.74 bits per heavy atom. The van der Waals surface area contributed by atoms with Crippen molar-refractivity contribution in [1.82, 2.24) is 10.6 Å². The standard InChI is InChI=1S/C21H28FN3OS/c1-4-26-14-17-7-5-16(6-8-17)12-24-21(23-2)25-13-18-9-10-20(22)11-19(18)15-27-3/h5-11H,4,12-15H2,1-3H3,(H2,23,24,25). The summed E-state index contributed by atoms with van der Waals surface area (Å²) in [7, 11) is 1.74. The fourth-order valence-corrected chi connectivity index (χ4v) is 3.20. The molecule has 0 radical (unpaired) electrons. The lowest BCUT2D eigenvalue weighted by atomic mass is 10.1. The number of halogens is 1. The normalized spacial score (nSPS) is 11.5. The van der Waals surface area contributed by atoms with Crippen molar-refractivity contribution in [2.75, 3.05) is 19.9 Å². The van der Waals surface area contributed by atoms with E-state index in [1.165, 1.54) is 17.2 Å². The molecule has 0 spiro atoms. The highest BCUT2D eigenvalue weighted by Crippen LogP contribution is 2.16. The van der Waals surface area contributed by atoms with Crippen LogP contribution in [0, 0.1) is 5.82 Å². The van der Waals surface area contributed by atoms with E-state index in [2.05, 4.69) is 39.9 Å². The van der Waals surface area contributed by atoms with Crippen molar-refractivity contribution in [2.45, 2.75) is 32.4 Å². The Balaban J connectivity index is 1.87. The molecule has 6 heteroatoms. The summed E-state index contributed by atoms with van der Waals surface area (Å²) in [5.74, 6) is 1.31. The van der Waals surface area contributed by atoms with Gasteiger partial charge in [-0.05, 0) is 47.6 Å². The van der Waals surface area contributed by atoms with Gasteiger partial charge in [0.2, 0.25) is 0 Å². The van der Waals surface area contributed by atoms with Crippen molar-refractivity contribution in [3.8, 4) is 0 Å². The number of benzene rings is 2. The van der Waals surface area contributed by atoms with Crippen LogP contribution in [0.5, 0.6) is 0 Å². The Morgan fingerprint density at radius 3 is 2.41 bits per heavy atom. The van der Waals surface area contributed by atoms with E-state index in [0.717, 1.165) is 23.5 Å². The van der Waals surface area contributed by atoms with E-state index in [1.54, 1.807) is 24.9 Å². The molecule has 27 heavy (non-hydrogen) atoms. The fraction of sp³-hybridized carbons (Fsp3) is 0.381. The maximum Gasteiger partial charge on any atom is 0.191 e. The first kappa shape index (κ1) is 21.3. The van der Waals surface area contributed by atoms with Crippen LogP contribution in [0.4, 0.5) is 4.39 Å². The molecule has 0 saturated heterocycles. The summed E-state index contributed by atoms with van der Waals surface area (Å²) in [6, 6.07) is 13.3. The van der Waals surface area contributed by atoms with Crippen LogP contribution >= 0.6 is 11.8 Å². The van der Waals surface area contributed by atoms with Gasteiger partial charge in [0.1, 0.15) is 5.82 Å². The van der Waals surface area contributed by atoms with Gasteiger partial charge in [-0.3, -0.25) is 4.99 Å². The van der Waals surface area contributed by atoms with Crippen molar-refractivity contribution in [2.24, 2.45) is 4.99 Å². The number of ether oxygens (including phenoxy) is 1. The molecule has 2 aromatic carbocycles. The van der Waals surface area contributed by atoms with Crippen molar-refractivity contribution in [1.29, 1.82) is 0 Å². The highest BCUT2D eigenvalue weighted by molar-refractivity contribution is 7.97. The molecule has 0 bridgehead atoms. The molecular weight excluding hydrogens is 361 g/mol. The minimum Gasteiger partial charge on any atom is -0.377 e. The van der Waals surface area contributed by atoms with E-state index in [4.69, 9.17) is 4.74 Å². The molecule has 0 unspecified atom stereocenters. The monoisotopic (exact) mass is 389 g/mol. The number of nitrogens with zero attached hydrogens (tertiary/aromatic N) is 1. The van der Waals surface area contributed by atoms with Gasteiger partial charge < -0.3 is 15.4 Å². The molecular formula is C21H28FN3OS. The van der Waals surface area contributed by atoms with Gasteiger partial charge in [0, 0.05) is 32.5 Å². The van der Waals surface area contributed by atoms with Crippen LogP contribution in [0.1, 0.15) is 29.2 Å². The highest BCUT2D eigenvalue weighted by atomic mass is 32.2. The molecule has 4 nitrogen and oxygen atoms in total. The zero-order valence-corrected chi connectivity index (χ0v) is 17.0. The SMILES string of the molecule is CCOCc1ccc(CNC(=NC)NCc2ccc(F)cc2CSC)cc1. The maximum atomic E-state index is 13.5. The lowest BCUT2D eigenvalue weighted by Gasteiger charge is -2.14. The number of guanidine groups is 1. The van der Waals surface area contributed by atoms with Crippen LogP contribution < -0.4 is 10.6 Å². The van der Waals surface area contributed by atoms with Gasteiger partial charge in [-0.15, -0.1) is 0 Å². The zero-order valence-electron chi connectivity index (χ0n) is 16.2. The van der Waals surface area contributed by atoms with E-state index in [1.807, 2.05) is 19.2 Å². The van der Waals surface area contributed by atoms with Crippen molar-refractivity contribution in [3.05, 3.63) is 70.5 Å². The van der Waals surface area contributed by atoms with Gasteiger partial charge in [0.05, 0.1) is 6.61 Å². The molecule has 0 heterocycles. The topological polar surface area (TPSA) is 45.6 Å². The number of thioether (sulfide) groups is 1. The minimum absolute atomic E-state index is 0.196. The predicted molar refractivity (Wildman–Crippen MR) is 112 cm³/mol. The Kier molecular flexibility index (Phi) is 9.15. The Hall–Kier alpha value is -2.05. The third-order valence-electron chi connectivity index (χ3n) is 4.09. The van der Waals surface area contributed by atoms with Gasteiger partial charge in [-0.2, -0.15) is 11.8 Å². The summed E-state index contributed by atoms with van der Waals surface area (Å²) >= 11 is 1.68. The van der Waals surface area contributed by atoms with Crippen LogP contribution in [0.2, 0.25) is 0 Å². The van der Waals surface area contributed by atoms with E-state index >= 15 is 0 Å². The maximum absolute atomic E-state index is 13.5. The third kappa shape index (κ3) is 7.23. The summed E-state index contributed by atoms with van der Waals surface area (Å²) in [5.41, 5.74) is 4.42. The molecule has 2 N–H and O–H groups in total. The number of nitrogens with one attached hydrogen (secondary N) is 2. The van der Waals surface area contributed by atoms with Gasteiger partial charge in [-0.25, -0.2) is 4.39 Å². The summed E-state index contributed by atoms with van der Waals surface area (Å²) in [6.07, 6.45) is 2.02. The number of hydrogen-bond donors (Lipinski definition) is 2. The summed E-state index contributed by atoms with van der Waals surface area (Å²) in [4.78, 5) is 4.26. The number of aliphatic imine (C=N–C) groups is 1. The first-order valence-corrected chi connectivity index (χ1v) is 10.4. The molecule has 0 fully saturated rings. The molecule has 0 aliphatic rings. The third-order valence-corrected chi connectivity index (χ3v) is 4.69. The predicted octanol–water partition coefficient (Wildman–Crippen LogP) is 4.09. The molecule has 0 saturated carbocycles. The summed E-state index contributed by atoms with van der Waals surface area (Å²) in [5, 5.41) is 6.61. The smallest absolute Gasteiger partial charge is 0.191 e. The largest absolute Gasteiger partial charge is 0.377 e. The van der Waals surface area contributed by atoms with Crippen molar-refractivity contribution >= 4 is 17.7 Å². The van der Waals surface area contributed by atoms with E-state index in [9.17, 15) is 4.39 Å². The van der Waals surface area contributed by atoms with E-state index in [-0.39, 0.29) is 5.82 Å². The average Bonchev–Trinajstić information content (AvgIpc) is 2.69.